The number of nitrogens with zero attached hydrogens (tertiary/aromatic N) is 3. The van der Waals surface area contributed by atoms with Gasteiger partial charge in [0.15, 0.2) is 5.92 Å². The van der Waals surface area contributed by atoms with Gasteiger partial charge in [0, 0.05) is 34.9 Å². The van der Waals surface area contributed by atoms with E-state index in [9.17, 15) is 25.0 Å². The number of non-ortho nitro benzene ring substituents is 1. The number of anilines is 1. The second-order valence-electron chi connectivity index (χ2n) is 7.91. The quantitative estimate of drug-likeness (QED) is 0.275. The number of nitro groups is 1. The van der Waals surface area contributed by atoms with Gasteiger partial charge in [-0.25, -0.2) is 0 Å². The fraction of sp³-hybridized carbons (Fsp3) is 0.217. The summed E-state index contributed by atoms with van der Waals surface area (Å²) >= 11 is 0. The molecule has 1 amide bonds. The SMILES string of the molecule is N#CC(C(=O)Nc1cccc([N+](=O)[O-])c1)C(=O)c1n[nH]c2c1C1CCCc3cccc-2c31. The number of Topliss-reactive ketones (excluding diaryl/α,β-unsaturated/α-hetero) is 1. The third-order valence-corrected chi connectivity index (χ3v) is 6.12. The summed E-state index contributed by atoms with van der Waals surface area (Å²) in [6.45, 7) is 0. The van der Waals surface area contributed by atoms with Gasteiger partial charge in [0.2, 0.25) is 11.7 Å². The largest absolute Gasteiger partial charge is 0.324 e. The summed E-state index contributed by atoms with van der Waals surface area (Å²) in [6, 6.07) is 13.2. The third kappa shape index (κ3) is 2.96. The van der Waals surface area contributed by atoms with Gasteiger partial charge in [-0.05, 0) is 36.5 Å². The molecular formula is C23H17N5O4. The molecule has 2 unspecified atom stereocenters. The van der Waals surface area contributed by atoms with Crippen molar-refractivity contribution in [3.8, 4) is 17.3 Å². The van der Waals surface area contributed by atoms with Crippen molar-refractivity contribution in [3.63, 3.8) is 0 Å². The maximum Gasteiger partial charge on any atom is 0.271 e. The Balaban J connectivity index is 1.45. The summed E-state index contributed by atoms with van der Waals surface area (Å²) in [7, 11) is 0. The molecule has 9 nitrogen and oxygen atoms in total. The highest BCUT2D eigenvalue weighted by Gasteiger charge is 2.41. The molecular weight excluding hydrogens is 410 g/mol. The van der Waals surface area contributed by atoms with Gasteiger partial charge in [-0.3, -0.25) is 24.8 Å². The van der Waals surface area contributed by atoms with E-state index in [4.69, 9.17) is 0 Å². The molecule has 0 spiro atoms. The zero-order chi connectivity index (χ0) is 22.4. The van der Waals surface area contributed by atoms with Crippen LogP contribution < -0.4 is 5.32 Å². The van der Waals surface area contributed by atoms with Crippen molar-refractivity contribution < 1.29 is 14.5 Å². The molecule has 5 rings (SSSR count). The van der Waals surface area contributed by atoms with E-state index in [1.54, 1.807) is 6.07 Å². The van der Waals surface area contributed by atoms with Gasteiger partial charge in [0.05, 0.1) is 16.7 Å². The Morgan fingerprint density at radius 3 is 2.84 bits per heavy atom. The number of nitrogens with one attached hydrogen (secondary N) is 2. The number of ketones is 1. The first-order valence-electron chi connectivity index (χ1n) is 10.2. The average Bonchev–Trinajstić information content (AvgIpc) is 3.36. The molecule has 0 fully saturated rings. The number of carbonyl (C=O) groups excluding carboxylic acids is 2. The van der Waals surface area contributed by atoms with Crippen molar-refractivity contribution in [2.75, 3.05) is 5.32 Å². The van der Waals surface area contributed by atoms with Crippen LogP contribution in [0.5, 0.6) is 0 Å². The van der Waals surface area contributed by atoms with Gasteiger partial charge in [-0.15, -0.1) is 0 Å². The molecule has 0 saturated carbocycles. The number of aryl methyl sites for hydroxylation is 1. The first kappa shape index (κ1) is 19.6. The van der Waals surface area contributed by atoms with Crippen LogP contribution in [0, 0.1) is 27.4 Å². The number of hydrogen-bond acceptors (Lipinski definition) is 6. The fourth-order valence-corrected chi connectivity index (χ4v) is 4.76. The molecule has 0 saturated heterocycles. The van der Waals surface area contributed by atoms with Crippen LogP contribution in [0.3, 0.4) is 0 Å². The number of carbonyl (C=O) groups is 2. The van der Waals surface area contributed by atoms with Crippen LogP contribution in [0.25, 0.3) is 11.3 Å². The molecule has 2 atom stereocenters. The number of amides is 1. The molecule has 0 aliphatic heterocycles. The summed E-state index contributed by atoms with van der Waals surface area (Å²) in [5.74, 6) is -3.15. The van der Waals surface area contributed by atoms with Crippen LogP contribution in [0.15, 0.2) is 42.5 Å². The van der Waals surface area contributed by atoms with E-state index in [0.29, 0.717) is 0 Å². The number of benzene rings is 2. The Bertz CT molecular complexity index is 1340. The standard InChI is InChI=1S/C23H17N5O4/c24-11-17(23(30)25-13-6-3-7-14(10-13)28(31)32)22(29)21-19-15-8-1-4-12-5-2-9-16(18(12)15)20(19)26-27-21/h2-3,5-7,9-10,15,17H,1,4,8H2,(H,25,30)(H,26,27). The van der Waals surface area contributed by atoms with E-state index >= 15 is 0 Å². The molecule has 1 heterocycles. The zero-order valence-electron chi connectivity index (χ0n) is 16.8. The van der Waals surface area contributed by atoms with Crippen LogP contribution >= 0.6 is 0 Å². The van der Waals surface area contributed by atoms with E-state index in [1.165, 1.54) is 35.4 Å². The highest BCUT2D eigenvalue weighted by Crippen LogP contribution is 2.51. The minimum absolute atomic E-state index is 0.0156. The minimum Gasteiger partial charge on any atom is -0.324 e. The van der Waals surface area contributed by atoms with Crippen molar-refractivity contribution >= 4 is 23.1 Å². The summed E-state index contributed by atoms with van der Waals surface area (Å²) < 4.78 is 0. The lowest BCUT2D eigenvalue weighted by atomic mass is 9.81. The number of rotatable bonds is 5. The van der Waals surface area contributed by atoms with Gasteiger partial charge < -0.3 is 5.32 Å². The van der Waals surface area contributed by atoms with E-state index < -0.39 is 22.5 Å². The van der Waals surface area contributed by atoms with Crippen molar-refractivity contribution in [2.24, 2.45) is 5.92 Å². The highest BCUT2D eigenvalue weighted by atomic mass is 16.6. The molecule has 2 aliphatic rings. The van der Waals surface area contributed by atoms with Crippen molar-refractivity contribution in [3.05, 3.63) is 75.0 Å². The van der Waals surface area contributed by atoms with E-state index in [0.717, 1.165) is 36.1 Å². The Hall–Kier alpha value is -4.32. The maximum atomic E-state index is 13.2. The monoisotopic (exact) mass is 427 g/mol. The van der Waals surface area contributed by atoms with Gasteiger partial charge in [-0.2, -0.15) is 10.4 Å². The molecule has 2 aliphatic carbocycles. The molecule has 0 bridgehead atoms. The van der Waals surface area contributed by atoms with E-state index in [-0.39, 0.29) is 23.0 Å². The smallest absolute Gasteiger partial charge is 0.271 e. The van der Waals surface area contributed by atoms with Crippen LogP contribution in [0.2, 0.25) is 0 Å². The summed E-state index contributed by atoms with van der Waals surface area (Å²) in [6.07, 6.45) is 2.83. The Kier molecular flexibility index (Phi) is 4.56. The number of aromatic nitrogens is 2. The highest BCUT2D eigenvalue weighted by molar-refractivity contribution is 6.16. The third-order valence-electron chi connectivity index (χ3n) is 6.12. The second-order valence-corrected chi connectivity index (χ2v) is 7.91. The summed E-state index contributed by atoms with van der Waals surface area (Å²) in [4.78, 5) is 36.3. The fourth-order valence-electron chi connectivity index (χ4n) is 4.76. The molecule has 1 aromatic heterocycles. The van der Waals surface area contributed by atoms with Crippen molar-refractivity contribution in [2.45, 2.75) is 25.2 Å². The first-order valence-corrected chi connectivity index (χ1v) is 10.2. The van der Waals surface area contributed by atoms with Crippen LogP contribution in [0.4, 0.5) is 11.4 Å². The Morgan fingerprint density at radius 2 is 2.06 bits per heavy atom. The zero-order valence-corrected chi connectivity index (χ0v) is 16.8. The topological polar surface area (TPSA) is 142 Å². The first-order chi connectivity index (χ1) is 15.5. The van der Waals surface area contributed by atoms with Gasteiger partial charge >= 0.3 is 0 Å². The Labute approximate surface area is 182 Å². The molecule has 2 aromatic carbocycles. The number of aromatic amines is 1. The molecule has 32 heavy (non-hydrogen) atoms. The normalized spacial score (nSPS) is 16.4. The predicted molar refractivity (Wildman–Crippen MR) is 114 cm³/mol. The lowest BCUT2D eigenvalue weighted by molar-refractivity contribution is -0.384. The molecule has 0 radical (unpaired) electrons. The van der Waals surface area contributed by atoms with Gasteiger partial charge in [0.25, 0.3) is 5.69 Å². The number of nitriles is 1. The lowest BCUT2D eigenvalue weighted by Crippen LogP contribution is -2.29. The van der Waals surface area contributed by atoms with Crippen molar-refractivity contribution in [1.82, 2.24) is 10.2 Å². The average molecular weight is 427 g/mol. The Morgan fingerprint density at radius 1 is 1.25 bits per heavy atom. The molecule has 2 N–H and O–H groups in total. The molecule has 9 heteroatoms. The van der Waals surface area contributed by atoms with E-state index in [2.05, 4.69) is 21.6 Å². The van der Waals surface area contributed by atoms with E-state index in [1.807, 2.05) is 12.1 Å². The second kappa shape index (κ2) is 7.42. The van der Waals surface area contributed by atoms with Crippen molar-refractivity contribution in [1.29, 1.82) is 5.26 Å². The molecule has 158 valence electrons. The lowest BCUT2D eigenvalue weighted by Gasteiger charge is -2.22. The van der Waals surface area contributed by atoms with Gasteiger partial charge in [-0.1, -0.05) is 24.3 Å². The number of hydrogen-bond donors (Lipinski definition) is 2. The van der Waals surface area contributed by atoms with Crippen LogP contribution in [-0.2, 0) is 11.2 Å². The minimum atomic E-state index is -1.63. The number of fused-ring (bicyclic) bond motifs is 3. The maximum absolute atomic E-state index is 13.2. The number of nitro benzene ring substituents is 1. The molecule has 3 aromatic rings. The number of H-pyrrole nitrogens is 1. The van der Waals surface area contributed by atoms with Crippen LogP contribution in [0.1, 0.15) is 45.9 Å². The summed E-state index contributed by atoms with van der Waals surface area (Å²) in [5.41, 5.74) is 5.02. The van der Waals surface area contributed by atoms with Gasteiger partial charge in [0.1, 0.15) is 5.69 Å². The summed E-state index contributed by atoms with van der Waals surface area (Å²) in [5, 5.41) is 30.1. The van der Waals surface area contributed by atoms with Crippen LogP contribution in [-0.4, -0.2) is 26.8 Å². The predicted octanol–water partition coefficient (Wildman–Crippen LogP) is 3.73.